The number of hydrogen-bond acceptors (Lipinski definition) is 4. The molecule has 1 saturated heterocycles. The highest BCUT2D eigenvalue weighted by Crippen LogP contribution is 2.62. The van der Waals surface area contributed by atoms with Crippen LogP contribution in [0, 0.1) is 5.41 Å². The quantitative estimate of drug-likeness (QED) is 0.644. The van der Waals surface area contributed by atoms with Gasteiger partial charge in [-0.25, -0.2) is 4.98 Å². The molecular formula is C20H18BN3O3. The van der Waals surface area contributed by atoms with E-state index in [0.29, 0.717) is 0 Å². The summed E-state index contributed by atoms with van der Waals surface area (Å²) in [5, 5.41) is 11.4. The summed E-state index contributed by atoms with van der Waals surface area (Å²) in [4.78, 5) is 22.0. The molecule has 4 heterocycles. The number of amides is 1. The lowest BCUT2D eigenvalue weighted by Gasteiger charge is -2.63. The molecule has 2 N–H and O–H groups in total. The van der Waals surface area contributed by atoms with Crippen LogP contribution in [0.2, 0.25) is 0 Å². The summed E-state index contributed by atoms with van der Waals surface area (Å²) < 4.78 is 6.04. The standard InChI is InChI=1S/C20H18BN3O3/c25-18(13-4-2-1-3-5-13)24-11-19(12-24)9-20(10-19)16-14-6-7-22-17(14)23-8-15(16)21(26)27-20/h1-8,26H,9-12H2,(H,22,23). The first kappa shape index (κ1) is 15.4. The van der Waals surface area contributed by atoms with Crippen LogP contribution in [-0.2, 0) is 10.3 Å². The average Bonchev–Trinajstić information content (AvgIpc) is 3.20. The zero-order valence-corrected chi connectivity index (χ0v) is 14.7. The van der Waals surface area contributed by atoms with Gasteiger partial charge in [-0.3, -0.25) is 4.79 Å². The molecule has 2 spiro atoms. The van der Waals surface area contributed by atoms with Gasteiger partial charge in [0, 0.05) is 47.3 Å². The van der Waals surface area contributed by atoms with E-state index in [2.05, 4.69) is 9.97 Å². The van der Waals surface area contributed by atoms with Crippen molar-refractivity contribution in [1.82, 2.24) is 14.9 Å². The van der Waals surface area contributed by atoms with Gasteiger partial charge < -0.3 is 19.6 Å². The van der Waals surface area contributed by atoms with Crippen LogP contribution in [0.1, 0.15) is 28.8 Å². The molecule has 0 unspecified atom stereocenters. The Hall–Kier alpha value is -2.64. The Morgan fingerprint density at radius 2 is 2.00 bits per heavy atom. The first-order chi connectivity index (χ1) is 13.1. The van der Waals surface area contributed by atoms with Gasteiger partial charge in [-0.1, -0.05) is 18.2 Å². The maximum absolute atomic E-state index is 12.6. The summed E-state index contributed by atoms with van der Waals surface area (Å²) >= 11 is 0. The fourth-order valence-electron chi connectivity index (χ4n) is 5.37. The molecule has 1 saturated carbocycles. The predicted octanol–water partition coefficient (Wildman–Crippen LogP) is 1.41. The molecule has 134 valence electrons. The molecule has 1 aliphatic carbocycles. The van der Waals surface area contributed by atoms with Gasteiger partial charge in [-0.15, -0.1) is 0 Å². The topological polar surface area (TPSA) is 78.5 Å². The fourth-order valence-corrected chi connectivity index (χ4v) is 5.37. The van der Waals surface area contributed by atoms with Gasteiger partial charge in [-0.2, -0.15) is 0 Å². The molecule has 0 radical (unpaired) electrons. The molecule has 3 aromatic rings. The molecule has 27 heavy (non-hydrogen) atoms. The summed E-state index contributed by atoms with van der Waals surface area (Å²) in [5.41, 5.74) is 3.03. The van der Waals surface area contributed by atoms with Crippen molar-refractivity contribution < 1.29 is 14.5 Å². The normalized spacial score (nSPS) is 21.4. The van der Waals surface area contributed by atoms with E-state index in [9.17, 15) is 9.82 Å². The van der Waals surface area contributed by atoms with Crippen LogP contribution in [0.25, 0.3) is 11.0 Å². The van der Waals surface area contributed by atoms with Crippen LogP contribution in [0.15, 0.2) is 48.8 Å². The van der Waals surface area contributed by atoms with Crippen LogP contribution in [0.5, 0.6) is 0 Å². The number of aromatic amines is 1. The molecule has 1 amide bonds. The van der Waals surface area contributed by atoms with Gasteiger partial charge in [0.1, 0.15) is 5.65 Å². The number of carbonyl (C=O) groups is 1. The van der Waals surface area contributed by atoms with Crippen LogP contribution in [0.4, 0.5) is 0 Å². The number of likely N-dealkylation sites (tertiary alicyclic amines) is 1. The number of H-pyrrole nitrogens is 1. The van der Waals surface area contributed by atoms with E-state index in [4.69, 9.17) is 4.65 Å². The molecule has 6 nitrogen and oxygen atoms in total. The lowest BCUT2D eigenvalue weighted by molar-refractivity contribution is -0.171. The van der Waals surface area contributed by atoms with E-state index in [1.807, 2.05) is 47.5 Å². The predicted molar refractivity (Wildman–Crippen MR) is 100 cm³/mol. The van der Waals surface area contributed by atoms with Crippen molar-refractivity contribution >= 4 is 29.5 Å². The van der Waals surface area contributed by atoms with E-state index in [1.54, 1.807) is 6.20 Å². The van der Waals surface area contributed by atoms with Crippen molar-refractivity contribution in [2.24, 2.45) is 5.41 Å². The van der Waals surface area contributed by atoms with E-state index in [0.717, 1.165) is 53.6 Å². The van der Waals surface area contributed by atoms with E-state index in [-0.39, 0.29) is 11.3 Å². The first-order valence-corrected chi connectivity index (χ1v) is 9.26. The van der Waals surface area contributed by atoms with Crippen molar-refractivity contribution in [1.29, 1.82) is 0 Å². The Bertz CT molecular complexity index is 1070. The molecule has 6 rings (SSSR count). The number of pyridine rings is 1. The Kier molecular flexibility index (Phi) is 2.85. The Labute approximate surface area is 156 Å². The number of hydrogen-bond donors (Lipinski definition) is 2. The number of fused-ring (bicyclic) bond motifs is 4. The van der Waals surface area contributed by atoms with E-state index < -0.39 is 12.7 Å². The number of aromatic nitrogens is 2. The van der Waals surface area contributed by atoms with Gasteiger partial charge in [0.25, 0.3) is 5.91 Å². The number of rotatable bonds is 1. The summed E-state index contributed by atoms with van der Waals surface area (Å²) in [6, 6.07) is 11.4. The molecule has 1 aromatic carbocycles. The average molecular weight is 359 g/mol. The van der Waals surface area contributed by atoms with Crippen molar-refractivity contribution in [2.45, 2.75) is 18.4 Å². The smallest absolute Gasteiger partial charge is 0.423 e. The zero-order chi connectivity index (χ0) is 18.2. The number of nitrogens with zero attached hydrogens (tertiary/aromatic N) is 2. The lowest BCUT2D eigenvalue weighted by atomic mass is 9.53. The minimum atomic E-state index is -0.925. The van der Waals surface area contributed by atoms with Gasteiger partial charge in [0.2, 0.25) is 0 Å². The van der Waals surface area contributed by atoms with Crippen molar-refractivity contribution in [3.05, 3.63) is 59.9 Å². The molecule has 0 bridgehead atoms. The Morgan fingerprint density at radius 3 is 2.78 bits per heavy atom. The maximum Gasteiger partial charge on any atom is 0.493 e. The summed E-state index contributed by atoms with van der Waals surface area (Å²) in [6.07, 6.45) is 5.23. The van der Waals surface area contributed by atoms with Gasteiger partial charge in [-0.05, 0) is 36.6 Å². The second-order valence-corrected chi connectivity index (χ2v) is 8.17. The van der Waals surface area contributed by atoms with Crippen LogP contribution in [0.3, 0.4) is 0 Å². The highest BCUT2D eigenvalue weighted by Gasteiger charge is 2.66. The monoisotopic (exact) mass is 359 g/mol. The van der Waals surface area contributed by atoms with Crippen LogP contribution >= 0.6 is 0 Å². The summed E-state index contributed by atoms with van der Waals surface area (Å²) in [7, 11) is -0.925. The maximum atomic E-state index is 12.6. The fraction of sp³-hybridized carbons (Fsp3) is 0.300. The molecule has 2 aliphatic heterocycles. The van der Waals surface area contributed by atoms with Crippen LogP contribution < -0.4 is 5.46 Å². The first-order valence-electron chi connectivity index (χ1n) is 9.26. The number of nitrogens with one attached hydrogen (secondary N) is 1. The zero-order valence-electron chi connectivity index (χ0n) is 14.7. The summed E-state index contributed by atoms with van der Waals surface area (Å²) in [6.45, 7) is 1.50. The molecule has 2 fully saturated rings. The van der Waals surface area contributed by atoms with Crippen molar-refractivity contribution in [3.8, 4) is 0 Å². The van der Waals surface area contributed by atoms with Gasteiger partial charge >= 0.3 is 7.12 Å². The molecule has 2 aromatic heterocycles. The van der Waals surface area contributed by atoms with Gasteiger partial charge in [0.05, 0.1) is 5.60 Å². The third kappa shape index (κ3) is 1.98. The van der Waals surface area contributed by atoms with E-state index >= 15 is 0 Å². The van der Waals surface area contributed by atoms with Crippen molar-refractivity contribution in [2.75, 3.05) is 13.1 Å². The lowest BCUT2D eigenvalue weighted by Crippen LogP contribution is -2.68. The molecular weight excluding hydrogens is 341 g/mol. The second kappa shape index (κ2) is 5.00. The third-order valence-electron chi connectivity index (χ3n) is 6.36. The highest BCUT2D eigenvalue weighted by molar-refractivity contribution is 6.62. The van der Waals surface area contributed by atoms with Crippen molar-refractivity contribution in [3.63, 3.8) is 0 Å². The number of benzene rings is 1. The Morgan fingerprint density at radius 1 is 1.22 bits per heavy atom. The largest absolute Gasteiger partial charge is 0.493 e. The molecule has 0 atom stereocenters. The number of carbonyl (C=O) groups excluding carboxylic acids is 1. The highest BCUT2D eigenvalue weighted by atomic mass is 16.5. The minimum absolute atomic E-state index is 0.0900. The van der Waals surface area contributed by atoms with Crippen LogP contribution in [-0.4, -0.2) is 46.0 Å². The second-order valence-electron chi connectivity index (χ2n) is 8.17. The summed E-state index contributed by atoms with van der Waals surface area (Å²) in [5.74, 6) is 0.0900. The minimum Gasteiger partial charge on any atom is -0.423 e. The SMILES string of the molecule is O=C(c1ccccc1)N1CC2(C1)CC1(C2)OB(O)c2cnc3[nH]ccc3c21. The molecule has 3 aliphatic rings. The van der Waals surface area contributed by atoms with Gasteiger partial charge in [0.15, 0.2) is 0 Å². The Balaban J connectivity index is 1.25. The van der Waals surface area contributed by atoms with E-state index in [1.165, 1.54) is 0 Å². The third-order valence-corrected chi connectivity index (χ3v) is 6.36. The molecule has 7 heteroatoms.